The van der Waals surface area contributed by atoms with Crippen LogP contribution in [0.2, 0.25) is 5.02 Å². The van der Waals surface area contributed by atoms with E-state index in [1.807, 2.05) is 0 Å². The highest BCUT2D eigenvalue weighted by Crippen LogP contribution is 2.35. The molecule has 1 atom stereocenters. The number of benzene rings is 1. The summed E-state index contributed by atoms with van der Waals surface area (Å²) in [4.78, 5) is 10.3. The van der Waals surface area contributed by atoms with Gasteiger partial charge in [-0.25, -0.2) is 17.9 Å². The molecule has 1 aromatic rings. The van der Waals surface area contributed by atoms with E-state index < -0.39 is 22.1 Å². The highest BCUT2D eigenvalue weighted by molar-refractivity contribution is 9.10. The number of carboxylic acids is 1. The molecule has 0 aromatic heterocycles. The molecule has 118 valence electrons. The summed E-state index contributed by atoms with van der Waals surface area (Å²) >= 11 is 8.96. The van der Waals surface area contributed by atoms with Crippen LogP contribution in [0.5, 0.6) is 5.75 Å². The van der Waals surface area contributed by atoms with Gasteiger partial charge in [-0.1, -0.05) is 11.6 Å². The largest absolute Gasteiger partial charge is 0.494 e. The van der Waals surface area contributed by atoms with E-state index in [9.17, 15) is 13.2 Å². The molecule has 0 aliphatic carbocycles. The number of aliphatic carboxylic acids is 1. The molecule has 0 unspecified atom stereocenters. The number of rotatable bonds is 7. The molecule has 21 heavy (non-hydrogen) atoms. The third kappa shape index (κ3) is 4.82. The number of aliphatic hydroxyl groups excluding tert-OH is 1. The molecule has 0 radical (unpaired) electrons. The number of aliphatic hydroxyl groups is 1. The van der Waals surface area contributed by atoms with Crippen LogP contribution < -0.4 is 9.46 Å². The van der Waals surface area contributed by atoms with E-state index in [1.165, 1.54) is 19.2 Å². The zero-order valence-corrected chi connectivity index (χ0v) is 14.0. The molecule has 0 bridgehead atoms. The maximum Gasteiger partial charge on any atom is 0.332 e. The van der Waals surface area contributed by atoms with Crippen LogP contribution in [0.25, 0.3) is 0 Å². The maximum atomic E-state index is 12.2. The number of methoxy groups -OCH3 is 1. The highest BCUT2D eigenvalue weighted by atomic mass is 79.9. The Morgan fingerprint density at radius 2 is 2.14 bits per heavy atom. The van der Waals surface area contributed by atoms with Crippen molar-refractivity contribution in [1.29, 1.82) is 0 Å². The van der Waals surface area contributed by atoms with Gasteiger partial charge in [0, 0.05) is 11.6 Å². The minimum Gasteiger partial charge on any atom is -0.494 e. The van der Waals surface area contributed by atoms with Crippen molar-refractivity contribution in [3.05, 3.63) is 21.6 Å². The van der Waals surface area contributed by atoms with E-state index in [2.05, 4.69) is 20.7 Å². The molecule has 0 heterocycles. The van der Waals surface area contributed by atoms with Gasteiger partial charge in [0.05, 0.1) is 11.6 Å². The van der Waals surface area contributed by atoms with E-state index in [-0.39, 0.29) is 28.6 Å². The van der Waals surface area contributed by atoms with Crippen LogP contribution in [0.3, 0.4) is 0 Å². The molecule has 0 spiro atoms. The lowest BCUT2D eigenvalue weighted by molar-refractivity contribution is -0.146. The van der Waals surface area contributed by atoms with E-state index in [1.54, 1.807) is 0 Å². The zero-order valence-electron chi connectivity index (χ0n) is 10.8. The average molecular weight is 403 g/mol. The fourth-order valence-electron chi connectivity index (χ4n) is 1.47. The zero-order chi connectivity index (χ0) is 16.2. The number of hydrogen-bond acceptors (Lipinski definition) is 5. The summed E-state index contributed by atoms with van der Waals surface area (Å²) < 4.78 is 31.9. The Kier molecular flexibility index (Phi) is 6.41. The van der Waals surface area contributed by atoms with Gasteiger partial charge in [-0.15, -0.1) is 0 Å². The van der Waals surface area contributed by atoms with E-state index in [4.69, 9.17) is 26.6 Å². The van der Waals surface area contributed by atoms with E-state index in [0.717, 1.165) is 0 Å². The lowest BCUT2D eigenvalue weighted by atomic mass is 10.3. The van der Waals surface area contributed by atoms with Gasteiger partial charge in [0.2, 0.25) is 10.0 Å². The van der Waals surface area contributed by atoms with Crippen LogP contribution in [0.4, 0.5) is 0 Å². The van der Waals surface area contributed by atoms with Gasteiger partial charge < -0.3 is 14.9 Å². The summed E-state index contributed by atoms with van der Waals surface area (Å²) in [5.74, 6) is -1.34. The summed E-state index contributed by atoms with van der Waals surface area (Å²) in [5.41, 5.74) is 0. The maximum absolute atomic E-state index is 12.2. The third-order valence-corrected chi connectivity index (χ3v) is 4.74. The number of carbonyl (C=O) groups is 1. The van der Waals surface area contributed by atoms with Crippen molar-refractivity contribution < 1.29 is 28.2 Å². The number of ether oxygens (including phenoxy) is 1. The third-order valence-electron chi connectivity index (χ3n) is 2.46. The molecule has 0 saturated carbocycles. The Labute approximate surface area is 135 Å². The standard InChI is InChI=1S/C11H13BrClNO6S/c1-20-10-7(12)4-6(13)5-9(10)21(18,19)14-3-2-8(15)11(16)17/h4-5,8,14-15H,2-3H2,1H3,(H,16,17)/t8-/m0/s1. The van der Waals surface area contributed by atoms with Crippen LogP contribution in [-0.2, 0) is 14.8 Å². The predicted molar refractivity (Wildman–Crippen MR) is 79.2 cm³/mol. The minimum absolute atomic E-state index is 0.0747. The normalized spacial score (nSPS) is 13.0. The van der Waals surface area contributed by atoms with Crippen LogP contribution in [0.1, 0.15) is 6.42 Å². The second kappa shape index (κ2) is 7.41. The first-order chi connectivity index (χ1) is 9.69. The Hall–Kier alpha value is -0.870. The predicted octanol–water partition coefficient (Wildman–Crippen LogP) is 1.22. The van der Waals surface area contributed by atoms with Crippen molar-refractivity contribution in [2.75, 3.05) is 13.7 Å². The van der Waals surface area contributed by atoms with E-state index in [0.29, 0.717) is 4.47 Å². The smallest absolute Gasteiger partial charge is 0.332 e. The van der Waals surface area contributed by atoms with Gasteiger partial charge in [-0.05, 0) is 34.5 Å². The number of carboxylic acid groups (broad SMARTS) is 1. The molecule has 3 N–H and O–H groups in total. The van der Waals surface area contributed by atoms with Crippen molar-refractivity contribution in [1.82, 2.24) is 4.72 Å². The highest BCUT2D eigenvalue weighted by Gasteiger charge is 2.23. The minimum atomic E-state index is -3.96. The Morgan fingerprint density at radius 1 is 1.52 bits per heavy atom. The van der Waals surface area contributed by atoms with Crippen LogP contribution in [0, 0.1) is 0 Å². The summed E-state index contributed by atoms with van der Waals surface area (Å²) in [6.45, 7) is -0.247. The van der Waals surface area contributed by atoms with Gasteiger partial charge in [0.25, 0.3) is 0 Å². The number of hydrogen-bond donors (Lipinski definition) is 3. The van der Waals surface area contributed by atoms with E-state index >= 15 is 0 Å². The van der Waals surface area contributed by atoms with Gasteiger partial charge in [0.1, 0.15) is 4.90 Å². The van der Waals surface area contributed by atoms with Crippen molar-refractivity contribution in [2.24, 2.45) is 0 Å². The topological polar surface area (TPSA) is 113 Å². The molecule has 7 nitrogen and oxygen atoms in total. The average Bonchev–Trinajstić information content (AvgIpc) is 2.37. The molecular weight excluding hydrogens is 390 g/mol. The Bertz CT molecular complexity index is 636. The molecule has 1 rings (SSSR count). The van der Waals surface area contributed by atoms with Crippen molar-refractivity contribution in [3.63, 3.8) is 0 Å². The Morgan fingerprint density at radius 3 is 2.67 bits per heavy atom. The van der Waals surface area contributed by atoms with Gasteiger partial charge >= 0.3 is 5.97 Å². The second-order valence-corrected chi connectivity index (χ2v) is 6.99. The fourth-order valence-corrected chi connectivity index (χ4v) is 3.90. The van der Waals surface area contributed by atoms with Crippen LogP contribution in [-0.4, -0.2) is 44.4 Å². The SMILES string of the molecule is COc1c(Br)cc(Cl)cc1S(=O)(=O)NCC[C@H](O)C(=O)O. The molecule has 10 heteroatoms. The quantitative estimate of drug-likeness (QED) is 0.632. The number of nitrogens with one attached hydrogen (secondary N) is 1. The van der Waals surface area contributed by atoms with Gasteiger partial charge in [-0.2, -0.15) is 0 Å². The molecule has 1 aromatic carbocycles. The van der Waals surface area contributed by atoms with Gasteiger partial charge in [-0.3, -0.25) is 0 Å². The summed E-state index contributed by atoms with van der Waals surface area (Å²) in [5, 5.41) is 17.8. The molecular formula is C11H13BrClNO6S. The second-order valence-electron chi connectivity index (χ2n) is 3.96. The first-order valence-corrected chi connectivity index (χ1v) is 8.28. The molecule has 0 aliphatic heterocycles. The fraction of sp³-hybridized carbons (Fsp3) is 0.364. The number of sulfonamides is 1. The van der Waals surface area contributed by atoms with Crippen LogP contribution in [0.15, 0.2) is 21.5 Å². The summed E-state index contributed by atoms with van der Waals surface area (Å²) in [6, 6.07) is 2.69. The lowest BCUT2D eigenvalue weighted by Gasteiger charge is -2.13. The lowest BCUT2D eigenvalue weighted by Crippen LogP contribution is -2.30. The molecule has 0 fully saturated rings. The summed E-state index contributed by atoms with van der Waals surface area (Å²) in [7, 11) is -2.66. The summed E-state index contributed by atoms with van der Waals surface area (Å²) in [6.07, 6.45) is -1.90. The van der Waals surface area contributed by atoms with Gasteiger partial charge in [0.15, 0.2) is 11.9 Å². The van der Waals surface area contributed by atoms with Crippen LogP contribution >= 0.6 is 27.5 Å². The van der Waals surface area contributed by atoms with Crippen molar-refractivity contribution in [3.8, 4) is 5.75 Å². The molecule has 0 aliphatic rings. The molecule has 0 saturated heterocycles. The molecule has 0 amide bonds. The monoisotopic (exact) mass is 401 g/mol. The van der Waals surface area contributed by atoms with Crippen molar-refractivity contribution >= 4 is 43.5 Å². The first kappa shape index (κ1) is 18.2. The Balaban J connectivity index is 2.96. The van der Waals surface area contributed by atoms with Crippen molar-refractivity contribution in [2.45, 2.75) is 17.4 Å². The first-order valence-electron chi connectivity index (χ1n) is 5.62. The number of halogens is 2.